The molecular formula is C10H7FO6. The van der Waals surface area contributed by atoms with Gasteiger partial charge in [-0.3, -0.25) is 4.79 Å². The zero-order chi connectivity index (χ0) is 13.2. The lowest BCUT2D eigenvalue weighted by Crippen LogP contribution is -2.13. The molecule has 0 atom stereocenters. The van der Waals surface area contributed by atoms with Gasteiger partial charge in [0.1, 0.15) is 11.4 Å². The highest BCUT2D eigenvalue weighted by Gasteiger charge is 2.22. The number of carboxylic acids is 3. The normalized spacial score (nSPS) is 9.94. The lowest BCUT2D eigenvalue weighted by atomic mass is 10.0. The summed E-state index contributed by atoms with van der Waals surface area (Å²) in [5.74, 6) is -5.90. The summed E-state index contributed by atoms with van der Waals surface area (Å²) in [7, 11) is 0. The molecule has 0 saturated heterocycles. The van der Waals surface area contributed by atoms with Crippen LogP contribution in [0.3, 0.4) is 0 Å². The van der Waals surface area contributed by atoms with Gasteiger partial charge in [-0.25, -0.2) is 14.0 Å². The molecule has 0 spiro atoms. The molecule has 0 aliphatic rings. The predicted molar refractivity (Wildman–Crippen MR) is 51.7 cm³/mol. The Kier molecular flexibility index (Phi) is 3.42. The van der Waals surface area contributed by atoms with E-state index in [2.05, 4.69) is 0 Å². The fourth-order valence-electron chi connectivity index (χ4n) is 1.33. The Morgan fingerprint density at radius 1 is 1.06 bits per heavy atom. The van der Waals surface area contributed by atoms with Crippen LogP contribution in [-0.4, -0.2) is 33.2 Å². The first kappa shape index (κ1) is 12.6. The summed E-state index contributed by atoms with van der Waals surface area (Å²) in [5.41, 5.74) is -1.86. The molecule has 0 heterocycles. The Balaban J connectivity index is 3.41. The molecule has 0 saturated carbocycles. The summed E-state index contributed by atoms with van der Waals surface area (Å²) in [5, 5.41) is 25.8. The molecule has 0 unspecified atom stereocenters. The van der Waals surface area contributed by atoms with Gasteiger partial charge in [0.15, 0.2) is 0 Å². The number of aliphatic carboxylic acids is 1. The van der Waals surface area contributed by atoms with Crippen LogP contribution in [0.4, 0.5) is 4.39 Å². The summed E-state index contributed by atoms with van der Waals surface area (Å²) >= 11 is 0. The molecule has 3 N–H and O–H groups in total. The average molecular weight is 242 g/mol. The molecule has 1 rings (SSSR count). The second kappa shape index (κ2) is 4.60. The highest BCUT2D eigenvalue weighted by Crippen LogP contribution is 2.17. The van der Waals surface area contributed by atoms with Crippen molar-refractivity contribution in [2.45, 2.75) is 6.42 Å². The number of benzene rings is 1. The third-order valence-electron chi connectivity index (χ3n) is 1.95. The summed E-state index contributed by atoms with van der Waals surface area (Å²) in [6, 6.07) is 1.53. The van der Waals surface area contributed by atoms with E-state index in [1.165, 1.54) is 0 Å². The van der Waals surface area contributed by atoms with Crippen molar-refractivity contribution in [2.24, 2.45) is 0 Å². The minimum atomic E-state index is -1.72. The fourth-order valence-corrected chi connectivity index (χ4v) is 1.33. The molecule has 1 aromatic rings. The van der Waals surface area contributed by atoms with Crippen LogP contribution in [0.1, 0.15) is 26.3 Å². The van der Waals surface area contributed by atoms with Crippen molar-refractivity contribution in [1.29, 1.82) is 0 Å². The first-order chi connectivity index (χ1) is 7.82. The van der Waals surface area contributed by atoms with E-state index < -0.39 is 41.3 Å². The van der Waals surface area contributed by atoms with Crippen molar-refractivity contribution in [3.63, 3.8) is 0 Å². The topological polar surface area (TPSA) is 112 Å². The number of carbonyl (C=O) groups is 3. The number of halogens is 1. The van der Waals surface area contributed by atoms with Crippen LogP contribution in [0.25, 0.3) is 0 Å². The molecular weight excluding hydrogens is 235 g/mol. The van der Waals surface area contributed by atoms with Crippen LogP contribution in [-0.2, 0) is 11.2 Å². The van der Waals surface area contributed by atoms with Crippen molar-refractivity contribution >= 4 is 17.9 Å². The Morgan fingerprint density at radius 2 is 1.65 bits per heavy atom. The third kappa shape index (κ3) is 2.77. The molecule has 6 nitrogen and oxygen atoms in total. The molecule has 0 bridgehead atoms. The molecule has 17 heavy (non-hydrogen) atoms. The van der Waals surface area contributed by atoms with Gasteiger partial charge in [-0.2, -0.15) is 0 Å². The van der Waals surface area contributed by atoms with Crippen LogP contribution < -0.4 is 0 Å². The standard InChI is InChI=1S/C10H7FO6/c11-6-2-4(3-7(12)13)1-5(9(14)15)8(6)10(16)17/h1-2H,3H2,(H,12,13)(H,14,15)(H,16,17). The zero-order valence-corrected chi connectivity index (χ0v) is 8.31. The van der Waals surface area contributed by atoms with Gasteiger partial charge in [0.2, 0.25) is 0 Å². The largest absolute Gasteiger partial charge is 0.481 e. The average Bonchev–Trinajstić information content (AvgIpc) is 2.14. The smallest absolute Gasteiger partial charge is 0.339 e. The van der Waals surface area contributed by atoms with Gasteiger partial charge < -0.3 is 15.3 Å². The molecule has 0 aliphatic heterocycles. The minimum absolute atomic E-state index is 0.114. The Hall–Kier alpha value is -2.44. The quantitative estimate of drug-likeness (QED) is 0.721. The van der Waals surface area contributed by atoms with E-state index in [1.54, 1.807) is 0 Å². The monoisotopic (exact) mass is 242 g/mol. The second-order valence-corrected chi connectivity index (χ2v) is 3.18. The van der Waals surface area contributed by atoms with E-state index in [9.17, 15) is 18.8 Å². The first-order valence-corrected chi connectivity index (χ1v) is 4.33. The molecule has 0 aromatic heterocycles. The van der Waals surface area contributed by atoms with Gasteiger partial charge in [0.25, 0.3) is 0 Å². The number of aromatic carboxylic acids is 2. The van der Waals surface area contributed by atoms with E-state index in [0.29, 0.717) is 6.07 Å². The van der Waals surface area contributed by atoms with Gasteiger partial charge in [0.05, 0.1) is 12.0 Å². The Morgan fingerprint density at radius 3 is 2.06 bits per heavy atom. The molecule has 0 aliphatic carbocycles. The van der Waals surface area contributed by atoms with Crippen molar-refractivity contribution in [2.75, 3.05) is 0 Å². The lowest BCUT2D eigenvalue weighted by Gasteiger charge is -2.05. The van der Waals surface area contributed by atoms with Crippen molar-refractivity contribution in [1.82, 2.24) is 0 Å². The van der Waals surface area contributed by atoms with Gasteiger partial charge >= 0.3 is 17.9 Å². The number of hydrogen-bond acceptors (Lipinski definition) is 3. The van der Waals surface area contributed by atoms with Gasteiger partial charge in [0, 0.05) is 0 Å². The van der Waals surface area contributed by atoms with Crippen LogP contribution in [0.5, 0.6) is 0 Å². The fraction of sp³-hybridized carbons (Fsp3) is 0.100. The number of carboxylic acid groups (broad SMARTS) is 3. The van der Waals surface area contributed by atoms with Crippen LogP contribution >= 0.6 is 0 Å². The Bertz CT molecular complexity index is 508. The SMILES string of the molecule is O=C(O)Cc1cc(F)c(C(=O)O)c(C(=O)O)c1. The maximum Gasteiger partial charge on any atom is 0.339 e. The van der Waals surface area contributed by atoms with Crippen LogP contribution in [0, 0.1) is 5.82 Å². The van der Waals surface area contributed by atoms with E-state index in [0.717, 1.165) is 6.07 Å². The summed E-state index contributed by atoms with van der Waals surface area (Å²) in [6.45, 7) is 0. The maximum absolute atomic E-state index is 13.3. The second-order valence-electron chi connectivity index (χ2n) is 3.18. The first-order valence-electron chi connectivity index (χ1n) is 4.33. The highest BCUT2D eigenvalue weighted by molar-refractivity contribution is 6.02. The summed E-state index contributed by atoms with van der Waals surface area (Å²) in [6.07, 6.45) is -0.586. The third-order valence-corrected chi connectivity index (χ3v) is 1.95. The van der Waals surface area contributed by atoms with E-state index in [-0.39, 0.29) is 5.56 Å². The molecule has 7 heteroatoms. The maximum atomic E-state index is 13.3. The van der Waals surface area contributed by atoms with Crippen molar-refractivity contribution in [3.8, 4) is 0 Å². The van der Waals surface area contributed by atoms with Gasteiger partial charge in [-0.15, -0.1) is 0 Å². The lowest BCUT2D eigenvalue weighted by molar-refractivity contribution is -0.136. The van der Waals surface area contributed by atoms with Crippen molar-refractivity contribution in [3.05, 3.63) is 34.6 Å². The molecule has 0 radical (unpaired) electrons. The zero-order valence-electron chi connectivity index (χ0n) is 8.31. The van der Waals surface area contributed by atoms with Crippen LogP contribution in [0.2, 0.25) is 0 Å². The minimum Gasteiger partial charge on any atom is -0.481 e. The van der Waals surface area contributed by atoms with Crippen LogP contribution in [0.15, 0.2) is 12.1 Å². The number of rotatable bonds is 4. The predicted octanol–water partition coefficient (Wildman–Crippen LogP) is 0.849. The van der Waals surface area contributed by atoms with E-state index >= 15 is 0 Å². The molecule has 90 valence electrons. The molecule has 0 fully saturated rings. The Labute approximate surface area is 93.9 Å². The molecule has 1 aromatic carbocycles. The summed E-state index contributed by atoms with van der Waals surface area (Å²) in [4.78, 5) is 31.8. The van der Waals surface area contributed by atoms with Gasteiger partial charge in [-0.1, -0.05) is 0 Å². The van der Waals surface area contributed by atoms with E-state index in [1.807, 2.05) is 0 Å². The van der Waals surface area contributed by atoms with Crippen molar-refractivity contribution < 1.29 is 34.1 Å². The number of hydrogen-bond donors (Lipinski definition) is 3. The highest BCUT2D eigenvalue weighted by atomic mass is 19.1. The molecule has 0 amide bonds. The van der Waals surface area contributed by atoms with E-state index in [4.69, 9.17) is 15.3 Å². The van der Waals surface area contributed by atoms with Gasteiger partial charge in [-0.05, 0) is 17.7 Å². The summed E-state index contributed by atoms with van der Waals surface area (Å²) < 4.78 is 13.3.